The Bertz CT molecular complexity index is 599. The number of halogens is 3. The minimum atomic E-state index is -0.0808. The van der Waals surface area contributed by atoms with Crippen LogP contribution in [-0.4, -0.2) is 0 Å². The lowest BCUT2D eigenvalue weighted by atomic mass is 9.98. The predicted octanol–water partition coefficient (Wildman–Crippen LogP) is 5.15. The topological polar surface area (TPSA) is 26.0 Å². The van der Waals surface area contributed by atoms with E-state index < -0.39 is 0 Å². The third-order valence-electron chi connectivity index (χ3n) is 3.09. The smallest absolute Gasteiger partial charge is 0.0624 e. The number of rotatable bonds is 3. The summed E-state index contributed by atoms with van der Waals surface area (Å²) in [6.45, 7) is 2.09. The maximum Gasteiger partial charge on any atom is 0.0624 e. The van der Waals surface area contributed by atoms with E-state index in [1.807, 2.05) is 18.2 Å². The first-order valence-electron chi connectivity index (χ1n) is 5.94. The van der Waals surface area contributed by atoms with E-state index in [0.717, 1.165) is 11.1 Å². The van der Waals surface area contributed by atoms with Crippen LogP contribution in [0.2, 0.25) is 10.0 Å². The van der Waals surface area contributed by atoms with Crippen LogP contribution in [0.3, 0.4) is 0 Å². The third-order valence-corrected chi connectivity index (χ3v) is 5.42. The predicted molar refractivity (Wildman–Crippen MR) is 91.0 cm³/mol. The lowest BCUT2D eigenvalue weighted by Crippen LogP contribution is -2.15. The summed E-state index contributed by atoms with van der Waals surface area (Å²) in [4.78, 5) is 0. The Hall–Kier alpha value is -0.290. The maximum absolute atomic E-state index is 6.31. The first-order valence-corrected chi connectivity index (χ1v) is 7.77. The van der Waals surface area contributed by atoms with Crippen LogP contribution in [0, 0.1) is 10.5 Å². The second-order valence-electron chi connectivity index (χ2n) is 4.50. The van der Waals surface area contributed by atoms with Crippen molar-refractivity contribution in [3.63, 3.8) is 0 Å². The van der Waals surface area contributed by atoms with Gasteiger partial charge in [0.15, 0.2) is 0 Å². The van der Waals surface area contributed by atoms with Crippen molar-refractivity contribution >= 4 is 45.8 Å². The molecular weight excluding hydrogens is 392 g/mol. The van der Waals surface area contributed by atoms with Crippen molar-refractivity contribution in [2.24, 2.45) is 5.73 Å². The van der Waals surface area contributed by atoms with Gasteiger partial charge >= 0.3 is 0 Å². The quantitative estimate of drug-likeness (QED) is 0.702. The molecule has 0 aromatic heterocycles. The lowest BCUT2D eigenvalue weighted by Gasteiger charge is -2.16. The van der Waals surface area contributed by atoms with E-state index in [1.165, 1.54) is 9.13 Å². The zero-order valence-electron chi connectivity index (χ0n) is 10.5. The van der Waals surface area contributed by atoms with Crippen LogP contribution in [0.1, 0.15) is 22.7 Å². The number of hydrogen-bond acceptors (Lipinski definition) is 1. The van der Waals surface area contributed by atoms with Crippen molar-refractivity contribution in [2.45, 2.75) is 19.4 Å². The van der Waals surface area contributed by atoms with Gasteiger partial charge in [0.05, 0.1) is 10.0 Å². The van der Waals surface area contributed by atoms with Gasteiger partial charge in [0, 0.05) is 9.61 Å². The number of aryl methyl sites for hydroxylation is 1. The molecule has 0 radical (unpaired) electrons. The van der Waals surface area contributed by atoms with Gasteiger partial charge in [-0.3, -0.25) is 0 Å². The molecule has 2 N–H and O–H groups in total. The van der Waals surface area contributed by atoms with E-state index in [-0.39, 0.29) is 6.04 Å². The summed E-state index contributed by atoms with van der Waals surface area (Å²) >= 11 is 14.6. The van der Waals surface area contributed by atoms with Crippen molar-refractivity contribution < 1.29 is 0 Å². The number of nitrogens with two attached hydrogens (primary N) is 1. The molecule has 0 aliphatic heterocycles. The van der Waals surface area contributed by atoms with Gasteiger partial charge in [0.1, 0.15) is 0 Å². The molecule has 1 nitrogen and oxygen atoms in total. The molecule has 0 heterocycles. The molecule has 0 aliphatic carbocycles. The molecule has 0 spiro atoms. The minimum Gasteiger partial charge on any atom is -0.324 e. The molecule has 0 saturated carbocycles. The highest BCUT2D eigenvalue weighted by Crippen LogP contribution is 2.30. The molecule has 0 amide bonds. The van der Waals surface area contributed by atoms with Gasteiger partial charge < -0.3 is 5.73 Å². The zero-order valence-corrected chi connectivity index (χ0v) is 14.1. The first-order chi connectivity index (χ1) is 9.00. The molecule has 2 rings (SSSR count). The van der Waals surface area contributed by atoms with Gasteiger partial charge in [-0.15, -0.1) is 0 Å². The second-order valence-corrected chi connectivity index (χ2v) is 6.37. The molecular formula is C15H14Cl2IN. The highest BCUT2D eigenvalue weighted by atomic mass is 127. The van der Waals surface area contributed by atoms with Crippen LogP contribution in [0.15, 0.2) is 36.4 Å². The third kappa shape index (κ3) is 3.43. The maximum atomic E-state index is 6.31. The largest absolute Gasteiger partial charge is 0.324 e. The van der Waals surface area contributed by atoms with Crippen LogP contribution in [-0.2, 0) is 6.42 Å². The molecule has 4 heteroatoms. The van der Waals surface area contributed by atoms with Crippen molar-refractivity contribution in [3.8, 4) is 0 Å². The van der Waals surface area contributed by atoms with Crippen LogP contribution in [0.25, 0.3) is 0 Å². The molecule has 100 valence electrons. The van der Waals surface area contributed by atoms with Gasteiger partial charge in [-0.1, -0.05) is 53.5 Å². The van der Waals surface area contributed by atoms with Crippen molar-refractivity contribution in [3.05, 3.63) is 66.7 Å². The molecule has 1 unspecified atom stereocenters. The summed E-state index contributed by atoms with van der Waals surface area (Å²) in [7, 11) is 0. The molecule has 2 aromatic carbocycles. The fourth-order valence-corrected chi connectivity index (χ4v) is 3.17. The summed E-state index contributed by atoms with van der Waals surface area (Å²) in [5.74, 6) is 0. The van der Waals surface area contributed by atoms with Gasteiger partial charge in [-0.25, -0.2) is 0 Å². The molecule has 0 fully saturated rings. The molecule has 0 saturated heterocycles. The molecule has 0 bridgehead atoms. The number of hydrogen-bond donors (Lipinski definition) is 1. The van der Waals surface area contributed by atoms with E-state index in [2.05, 4.69) is 41.6 Å². The Morgan fingerprint density at radius 1 is 1.16 bits per heavy atom. The van der Waals surface area contributed by atoms with Crippen LogP contribution in [0.5, 0.6) is 0 Å². The van der Waals surface area contributed by atoms with E-state index in [0.29, 0.717) is 16.5 Å². The van der Waals surface area contributed by atoms with E-state index in [9.17, 15) is 0 Å². The summed E-state index contributed by atoms with van der Waals surface area (Å²) in [5, 5.41) is 1.17. The molecule has 0 aliphatic rings. The van der Waals surface area contributed by atoms with Crippen molar-refractivity contribution in [1.82, 2.24) is 0 Å². The summed E-state index contributed by atoms with van der Waals surface area (Å²) < 4.78 is 1.21. The van der Waals surface area contributed by atoms with Crippen LogP contribution >= 0.6 is 45.8 Å². The van der Waals surface area contributed by atoms with Crippen LogP contribution < -0.4 is 5.73 Å². The highest BCUT2D eigenvalue weighted by Gasteiger charge is 2.14. The molecule has 1 atom stereocenters. The second kappa shape index (κ2) is 6.44. The summed E-state index contributed by atoms with van der Waals surface area (Å²) in [6.07, 6.45) is 0.679. The van der Waals surface area contributed by atoms with Gasteiger partial charge in [-0.2, -0.15) is 0 Å². The molecule has 2 aromatic rings. The Balaban J connectivity index is 2.28. The average Bonchev–Trinajstić information content (AvgIpc) is 2.38. The Kier molecular flexibility index (Phi) is 5.12. The van der Waals surface area contributed by atoms with Gasteiger partial charge in [0.2, 0.25) is 0 Å². The van der Waals surface area contributed by atoms with E-state index in [1.54, 1.807) is 6.07 Å². The Morgan fingerprint density at radius 2 is 1.84 bits per heavy atom. The van der Waals surface area contributed by atoms with E-state index in [4.69, 9.17) is 28.9 Å². The van der Waals surface area contributed by atoms with Crippen molar-refractivity contribution in [1.29, 1.82) is 0 Å². The zero-order chi connectivity index (χ0) is 14.0. The van der Waals surface area contributed by atoms with Crippen molar-refractivity contribution in [2.75, 3.05) is 0 Å². The highest BCUT2D eigenvalue weighted by molar-refractivity contribution is 14.1. The standard InChI is InChI=1S/C15H14Cl2IN/c1-9-4-2-6-11(15(9)18)13(19)8-10-5-3-7-12(16)14(10)17/h2-7,13H,8,19H2,1H3. The lowest BCUT2D eigenvalue weighted by molar-refractivity contribution is 0.717. The fraction of sp³-hybridized carbons (Fsp3) is 0.200. The minimum absolute atomic E-state index is 0.0808. The van der Waals surface area contributed by atoms with E-state index >= 15 is 0 Å². The fourth-order valence-electron chi connectivity index (χ4n) is 2.01. The average molecular weight is 406 g/mol. The Labute approximate surface area is 137 Å². The molecule has 19 heavy (non-hydrogen) atoms. The SMILES string of the molecule is Cc1cccc(C(N)Cc2cccc(Cl)c2Cl)c1I. The normalized spacial score (nSPS) is 12.5. The van der Waals surface area contributed by atoms with Gasteiger partial charge in [-0.05, 0) is 58.7 Å². The summed E-state index contributed by atoms with van der Waals surface area (Å²) in [5.41, 5.74) is 9.69. The number of benzene rings is 2. The summed E-state index contributed by atoms with van der Waals surface area (Å²) in [6, 6.07) is 11.8. The van der Waals surface area contributed by atoms with Crippen LogP contribution in [0.4, 0.5) is 0 Å². The monoisotopic (exact) mass is 405 g/mol. The van der Waals surface area contributed by atoms with Gasteiger partial charge in [0.25, 0.3) is 0 Å². The Morgan fingerprint density at radius 3 is 2.58 bits per heavy atom. The first kappa shape index (κ1) is 15.1.